The molecule has 1 aromatic rings. The Morgan fingerprint density at radius 1 is 1.44 bits per heavy atom. The molecule has 0 unspecified atom stereocenters. The van der Waals surface area contributed by atoms with Crippen LogP contribution in [0.25, 0.3) is 0 Å². The number of hydrogen-bond donors (Lipinski definition) is 2. The number of hydrogen-bond acceptors (Lipinski definition) is 3. The molecule has 0 heterocycles. The molecule has 1 rings (SSSR count). The van der Waals surface area contributed by atoms with Gasteiger partial charge in [-0.3, -0.25) is 0 Å². The molecule has 0 aromatic heterocycles. The van der Waals surface area contributed by atoms with Crippen molar-refractivity contribution in [2.75, 3.05) is 11.1 Å². The number of nitrogens with one attached hydrogen (secondary N) is 1. The Morgan fingerprint density at radius 3 is 2.69 bits per heavy atom. The lowest BCUT2D eigenvalue weighted by Crippen LogP contribution is -2.30. The number of nitrogens with two attached hydrogens (primary N) is 1. The summed E-state index contributed by atoms with van der Waals surface area (Å²) < 4.78 is 0. The fourth-order valence-electron chi connectivity index (χ4n) is 1.82. The van der Waals surface area contributed by atoms with E-state index < -0.39 is 0 Å². The quantitative estimate of drug-likeness (QED) is 0.762. The Bertz CT molecular complexity index is 402. The zero-order valence-corrected chi connectivity index (χ0v) is 10.2. The standard InChI is InChI=1S/C13H19N3/c1-4-7-13(2,3)16-12-6-5-11(15)8-10(12)9-14/h5-6,8,16H,4,7,15H2,1-3H3. The van der Waals surface area contributed by atoms with Crippen molar-refractivity contribution < 1.29 is 0 Å². The first-order valence-electron chi connectivity index (χ1n) is 5.56. The fourth-order valence-corrected chi connectivity index (χ4v) is 1.82. The molecule has 0 atom stereocenters. The van der Waals surface area contributed by atoms with Crippen molar-refractivity contribution in [1.82, 2.24) is 0 Å². The van der Waals surface area contributed by atoms with Crippen LogP contribution in [-0.4, -0.2) is 5.54 Å². The van der Waals surface area contributed by atoms with Crippen molar-refractivity contribution in [1.29, 1.82) is 5.26 Å². The maximum atomic E-state index is 9.02. The molecule has 3 heteroatoms. The third kappa shape index (κ3) is 3.16. The van der Waals surface area contributed by atoms with Gasteiger partial charge in [0.1, 0.15) is 6.07 Å². The van der Waals surface area contributed by atoms with E-state index in [1.807, 2.05) is 12.1 Å². The van der Waals surface area contributed by atoms with Gasteiger partial charge >= 0.3 is 0 Å². The molecule has 0 fully saturated rings. The number of nitriles is 1. The number of benzene rings is 1. The van der Waals surface area contributed by atoms with Crippen LogP contribution in [0.15, 0.2) is 18.2 Å². The fraction of sp³-hybridized carbons (Fsp3) is 0.462. The first kappa shape index (κ1) is 12.4. The molecule has 0 spiro atoms. The summed E-state index contributed by atoms with van der Waals surface area (Å²) in [7, 11) is 0. The Morgan fingerprint density at radius 2 is 2.12 bits per heavy atom. The lowest BCUT2D eigenvalue weighted by atomic mass is 9.98. The third-order valence-corrected chi connectivity index (χ3v) is 2.51. The molecular weight excluding hydrogens is 198 g/mol. The van der Waals surface area contributed by atoms with Crippen molar-refractivity contribution in [3.8, 4) is 6.07 Å². The van der Waals surface area contributed by atoms with Gasteiger partial charge in [0.25, 0.3) is 0 Å². The second-order valence-electron chi connectivity index (χ2n) is 4.68. The minimum absolute atomic E-state index is 0.00351. The van der Waals surface area contributed by atoms with E-state index in [9.17, 15) is 0 Å². The highest BCUT2D eigenvalue weighted by molar-refractivity contribution is 5.63. The molecule has 1 aromatic carbocycles. The SMILES string of the molecule is CCCC(C)(C)Nc1ccc(N)cc1C#N. The number of rotatable bonds is 4. The molecule has 0 bridgehead atoms. The second-order valence-corrected chi connectivity index (χ2v) is 4.68. The summed E-state index contributed by atoms with van der Waals surface area (Å²) in [5.74, 6) is 0. The molecule has 0 aliphatic carbocycles. The van der Waals surface area contributed by atoms with Crippen LogP contribution in [0.1, 0.15) is 39.2 Å². The molecule has 0 radical (unpaired) electrons. The Labute approximate surface area is 97.3 Å². The van der Waals surface area contributed by atoms with Crippen molar-refractivity contribution >= 4 is 11.4 Å². The molecule has 86 valence electrons. The van der Waals surface area contributed by atoms with Crippen molar-refractivity contribution in [2.45, 2.75) is 39.2 Å². The smallest absolute Gasteiger partial charge is 0.101 e. The highest BCUT2D eigenvalue weighted by Gasteiger charge is 2.17. The maximum absolute atomic E-state index is 9.02. The van der Waals surface area contributed by atoms with Gasteiger partial charge in [0.15, 0.2) is 0 Å². The van der Waals surface area contributed by atoms with E-state index in [0.717, 1.165) is 18.5 Å². The zero-order chi connectivity index (χ0) is 12.2. The van der Waals surface area contributed by atoms with E-state index in [-0.39, 0.29) is 5.54 Å². The van der Waals surface area contributed by atoms with Gasteiger partial charge in [-0.15, -0.1) is 0 Å². The van der Waals surface area contributed by atoms with Gasteiger partial charge in [-0.05, 0) is 38.5 Å². The summed E-state index contributed by atoms with van der Waals surface area (Å²) in [6, 6.07) is 7.53. The van der Waals surface area contributed by atoms with E-state index in [0.29, 0.717) is 11.3 Å². The van der Waals surface area contributed by atoms with Gasteiger partial charge in [0, 0.05) is 11.2 Å². The Kier molecular flexibility index (Phi) is 3.78. The van der Waals surface area contributed by atoms with Crippen molar-refractivity contribution in [2.24, 2.45) is 0 Å². The monoisotopic (exact) mass is 217 g/mol. The van der Waals surface area contributed by atoms with Crippen LogP contribution in [0.2, 0.25) is 0 Å². The molecule has 0 saturated carbocycles. The van der Waals surface area contributed by atoms with Crippen LogP contribution in [0.3, 0.4) is 0 Å². The molecule has 0 amide bonds. The summed E-state index contributed by atoms with van der Waals surface area (Å²) in [5, 5.41) is 12.4. The predicted octanol–water partition coefficient (Wildman–Crippen LogP) is 3.13. The number of anilines is 2. The molecule has 0 saturated heterocycles. The lowest BCUT2D eigenvalue weighted by molar-refractivity contribution is 0.511. The van der Waals surface area contributed by atoms with Crippen LogP contribution >= 0.6 is 0 Å². The summed E-state index contributed by atoms with van der Waals surface area (Å²) in [5.41, 5.74) is 7.72. The normalized spacial score (nSPS) is 10.9. The van der Waals surface area contributed by atoms with Crippen molar-refractivity contribution in [3.05, 3.63) is 23.8 Å². The highest BCUT2D eigenvalue weighted by atomic mass is 15.0. The topological polar surface area (TPSA) is 61.8 Å². The van der Waals surface area contributed by atoms with Gasteiger partial charge in [0.2, 0.25) is 0 Å². The summed E-state index contributed by atoms with van der Waals surface area (Å²) >= 11 is 0. The van der Waals surface area contributed by atoms with Crippen LogP contribution in [-0.2, 0) is 0 Å². The van der Waals surface area contributed by atoms with Gasteiger partial charge in [-0.25, -0.2) is 0 Å². The van der Waals surface area contributed by atoms with Gasteiger partial charge < -0.3 is 11.1 Å². The van der Waals surface area contributed by atoms with Crippen LogP contribution in [0, 0.1) is 11.3 Å². The summed E-state index contributed by atoms with van der Waals surface area (Å²) in [6.45, 7) is 6.42. The first-order valence-corrected chi connectivity index (χ1v) is 5.56. The van der Waals surface area contributed by atoms with Gasteiger partial charge in [-0.1, -0.05) is 13.3 Å². The molecule has 0 aliphatic rings. The zero-order valence-electron chi connectivity index (χ0n) is 10.2. The summed E-state index contributed by atoms with van der Waals surface area (Å²) in [6.07, 6.45) is 2.17. The number of nitrogens with zero attached hydrogens (tertiary/aromatic N) is 1. The summed E-state index contributed by atoms with van der Waals surface area (Å²) in [4.78, 5) is 0. The minimum atomic E-state index is -0.00351. The molecule has 16 heavy (non-hydrogen) atoms. The molecular formula is C13H19N3. The van der Waals surface area contributed by atoms with E-state index >= 15 is 0 Å². The molecule has 0 aliphatic heterocycles. The van der Waals surface area contributed by atoms with E-state index in [1.165, 1.54) is 0 Å². The Balaban J connectivity index is 2.93. The average Bonchev–Trinajstić information content (AvgIpc) is 2.20. The van der Waals surface area contributed by atoms with E-state index in [4.69, 9.17) is 11.0 Å². The third-order valence-electron chi connectivity index (χ3n) is 2.51. The van der Waals surface area contributed by atoms with Crippen molar-refractivity contribution in [3.63, 3.8) is 0 Å². The van der Waals surface area contributed by atoms with Crippen LogP contribution in [0.5, 0.6) is 0 Å². The highest BCUT2D eigenvalue weighted by Crippen LogP contribution is 2.24. The van der Waals surface area contributed by atoms with Gasteiger partial charge in [-0.2, -0.15) is 5.26 Å². The van der Waals surface area contributed by atoms with Crippen LogP contribution in [0.4, 0.5) is 11.4 Å². The second kappa shape index (κ2) is 4.89. The average molecular weight is 217 g/mol. The molecule has 3 nitrogen and oxygen atoms in total. The Hall–Kier alpha value is -1.69. The van der Waals surface area contributed by atoms with E-state index in [1.54, 1.807) is 6.07 Å². The molecule has 3 N–H and O–H groups in total. The van der Waals surface area contributed by atoms with Crippen LogP contribution < -0.4 is 11.1 Å². The predicted molar refractivity (Wildman–Crippen MR) is 68.2 cm³/mol. The maximum Gasteiger partial charge on any atom is 0.101 e. The lowest BCUT2D eigenvalue weighted by Gasteiger charge is -2.27. The van der Waals surface area contributed by atoms with Gasteiger partial charge in [0.05, 0.1) is 11.3 Å². The largest absolute Gasteiger partial charge is 0.399 e. The van der Waals surface area contributed by atoms with E-state index in [2.05, 4.69) is 32.2 Å². The number of nitrogen functional groups attached to an aromatic ring is 1. The minimum Gasteiger partial charge on any atom is -0.399 e. The first-order chi connectivity index (χ1) is 7.48.